The SMILES string of the molecule is O=C1CCC[C@]2(c3ccc(Oc4ccccc4)cc3)OCCN12. The highest BCUT2D eigenvalue weighted by Crippen LogP contribution is 2.42. The van der Waals surface area contributed by atoms with E-state index >= 15 is 0 Å². The summed E-state index contributed by atoms with van der Waals surface area (Å²) >= 11 is 0. The summed E-state index contributed by atoms with van der Waals surface area (Å²) in [6.45, 7) is 1.29. The molecule has 23 heavy (non-hydrogen) atoms. The summed E-state index contributed by atoms with van der Waals surface area (Å²) < 4.78 is 11.9. The minimum absolute atomic E-state index is 0.193. The van der Waals surface area contributed by atoms with Gasteiger partial charge in [0.2, 0.25) is 5.91 Å². The molecule has 0 unspecified atom stereocenters. The van der Waals surface area contributed by atoms with Crippen LogP contribution in [0.1, 0.15) is 24.8 Å². The molecule has 0 saturated carbocycles. The van der Waals surface area contributed by atoms with E-state index in [-0.39, 0.29) is 5.91 Å². The topological polar surface area (TPSA) is 38.8 Å². The minimum Gasteiger partial charge on any atom is -0.457 e. The smallest absolute Gasteiger partial charge is 0.225 e. The van der Waals surface area contributed by atoms with Gasteiger partial charge in [-0.3, -0.25) is 4.79 Å². The van der Waals surface area contributed by atoms with Crippen molar-refractivity contribution in [1.82, 2.24) is 4.90 Å². The molecule has 1 atom stereocenters. The molecule has 2 aliphatic rings. The van der Waals surface area contributed by atoms with E-state index in [1.54, 1.807) is 0 Å². The Morgan fingerprint density at radius 2 is 1.74 bits per heavy atom. The van der Waals surface area contributed by atoms with Crippen molar-refractivity contribution in [2.45, 2.75) is 25.0 Å². The Labute approximate surface area is 135 Å². The molecule has 0 aliphatic carbocycles. The molecule has 2 aliphatic heterocycles. The fourth-order valence-corrected chi connectivity index (χ4v) is 3.50. The monoisotopic (exact) mass is 309 g/mol. The molecular weight excluding hydrogens is 290 g/mol. The number of carbonyl (C=O) groups is 1. The highest BCUT2D eigenvalue weighted by molar-refractivity contribution is 5.78. The molecule has 2 heterocycles. The van der Waals surface area contributed by atoms with E-state index in [1.807, 2.05) is 59.5 Å². The van der Waals surface area contributed by atoms with Crippen LogP contribution in [0.2, 0.25) is 0 Å². The molecule has 2 aromatic rings. The van der Waals surface area contributed by atoms with E-state index in [1.165, 1.54) is 0 Å². The number of para-hydroxylation sites is 1. The molecule has 1 amide bonds. The first kappa shape index (κ1) is 14.3. The first-order chi connectivity index (χ1) is 11.3. The second kappa shape index (κ2) is 5.70. The van der Waals surface area contributed by atoms with E-state index in [0.29, 0.717) is 19.6 Å². The number of piperidine rings is 1. The van der Waals surface area contributed by atoms with Crippen molar-refractivity contribution >= 4 is 5.91 Å². The summed E-state index contributed by atoms with van der Waals surface area (Å²) in [5, 5.41) is 0. The van der Waals surface area contributed by atoms with Crippen LogP contribution in [0.25, 0.3) is 0 Å². The van der Waals surface area contributed by atoms with Crippen LogP contribution in [0.3, 0.4) is 0 Å². The number of rotatable bonds is 3. The van der Waals surface area contributed by atoms with Crippen molar-refractivity contribution in [2.75, 3.05) is 13.2 Å². The third kappa shape index (κ3) is 2.49. The highest BCUT2D eigenvalue weighted by Gasteiger charge is 2.48. The number of ether oxygens (including phenoxy) is 2. The zero-order valence-corrected chi connectivity index (χ0v) is 12.9. The standard InChI is InChI=1S/C19H19NO3/c21-18-7-4-12-19(20(18)13-14-22-19)15-8-10-17(11-9-15)23-16-5-2-1-3-6-16/h1-3,5-6,8-11H,4,7,12-14H2/t19-/m1/s1. The second-order valence-electron chi connectivity index (χ2n) is 5.97. The molecule has 0 bridgehead atoms. The third-order valence-corrected chi connectivity index (χ3v) is 4.58. The number of carbonyl (C=O) groups excluding carboxylic acids is 1. The number of hydrogen-bond donors (Lipinski definition) is 0. The fourth-order valence-electron chi connectivity index (χ4n) is 3.50. The third-order valence-electron chi connectivity index (χ3n) is 4.58. The minimum atomic E-state index is -0.569. The molecule has 0 N–H and O–H groups in total. The maximum atomic E-state index is 12.2. The summed E-state index contributed by atoms with van der Waals surface area (Å²) in [6, 6.07) is 17.6. The quantitative estimate of drug-likeness (QED) is 0.868. The van der Waals surface area contributed by atoms with Crippen molar-refractivity contribution < 1.29 is 14.3 Å². The van der Waals surface area contributed by atoms with Gasteiger partial charge in [-0.05, 0) is 30.7 Å². The number of nitrogens with zero attached hydrogens (tertiary/aromatic N) is 1. The molecule has 0 aromatic heterocycles. The Morgan fingerprint density at radius 3 is 2.52 bits per heavy atom. The zero-order chi connectivity index (χ0) is 15.7. The van der Waals surface area contributed by atoms with Crippen molar-refractivity contribution in [1.29, 1.82) is 0 Å². The van der Waals surface area contributed by atoms with Crippen LogP contribution in [-0.2, 0) is 15.3 Å². The van der Waals surface area contributed by atoms with E-state index in [9.17, 15) is 4.79 Å². The lowest BCUT2D eigenvalue weighted by Gasteiger charge is -2.41. The van der Waals surface area contributed by atoms with Crippen LogP contribution < -0.4 is 4.74 Å². The number of fused-ring (bicyclic) bond motifs is 1. The molecule has 2 aromatic carbocycles. The van der Waals surface area contributed by atoms with Crippen molar-refractivity contribution in [3.05, 3.63) is 60.2 Å². The number of hydrogen-bond acceptors (Lipinski definition) is 3. The van der Waals surface area contributed by atoms with Crippen LogP contribution in [0.4, 0.5) is 0 Å². The lowest BCUT2D eigenvalue weighted by molar-refractivity contribution is -0.160. The van der Waals surface area contributed by atoms with Gasteiger partial charge in [-0.25, -0.2) is 0 Å². The van der Waals surface area contributed by atoms with Gasteiger partial charge in [0.15, 0.2) is 5.72 Å². The van der Waals surface area contributed by atoms with Gasteiger partial charge in [0.05, 0.1) is 6.61 Å². The predicted octanol–water partition coefficient (Wildman–Crippen LogP) is 3.67. The van der Waals surface area contributed by atoms with Crippen molar-refractivity contribution in [3.63, 3.8) is 0 Å². The van der Waals surface area contributed by atoms with E-state index in [4.69, 9.17) is 9.47 Å². The van der Waals surface area contributed by atoms with Crippen LogP contribution in [0, 0.1) is 0 Å². The predicted molar refractivity (Wildman–Crippen MR) is 86.2 cm³/mol. The Bertz CT molecular complexity index is 698. The summed E-state index contributed by atoms with van der Waals surface area (Å²) in [4.78, 5) is 14.1. The average Bonchev–Trinajstić information content (AvgIpc) is 3.03. The molecule has 4 heteroatoms. The summed E-state index contributed by atoms with van der Waals surface area (Å²) in [7, 11) is 0. The van der Waals surface area contributed by atoms with Crippen LogP contribution in [-0.4, -0.2) is 24.0 Å². The van der Waals surface area contributed by atoms with E-state index < -0.39 is 5.72 Å². The van der Waals surface area contributed by atoms with Crippen molar-refractivity contribution in [2.24, 2.45) is 0 Å². The van der Waals surface area contributed by atoms with Gasteiger partial charge in [0, 0.05) is 24.9 Å². The van der Waals surface area contributed by atoms with Gasteiger partial charge < -0.3 is 14.4 Å². The second-order valence-corrected chi connectivity index (χ2v) is 5.97. The maximum absolute atomic E-state index is 12.2. The zero-order valence-electron chi connectivity index (χ0n) is 12.9. The molecule has 2 saturated heterocycles. The van der Waals surface area contributed by atoms with Gasteiger partial charge in [-0.2, -0.15) is 0 Å². The molecule has 0 radical (unpaired) electrons. The van der Waals surface area contributed by atoms with E-state index in [0.717, 1.165) is 29.9 Å². The summed E-state index contributed by atoms with van der Waals surface area (Å²) in [5.74, 6) is 1.78. The Morgan fingerprint density at radius 1 is 1.00 bits per heavy atom. The van der Waals surface area contributed by atoms with Gasteiger partial charge in [-0.1, -0.05) is 30.3 Å². The average molecular weight is 309 g/mol. The normalized spacial score (nSPS) is 23.7. The van der Waals surface area contributed by atoms with Crippen LogP contribution in [0.15, 0.2) is 54.6 Å². The van der Waals surface area contributed by atoms with Gasteiger partial charge in [0.25, 0.3) is 0 Å². The Hall–Kier alpha value is -2.33. The maximum Gasteiger partial charge on any atom is 0.225 e. The molecule has 0 spiro atoms. The molecular formula is C19H19NO3. The molecule has 4 rings (SSSR count). The summed E-state index contributed by atoms with van der Waals surface area (Å²) in [5.41, 5.74) is 0.462. The van der Waals surface area contributed by atoms with Gasteiger partial charge in [0.1, 0.15) is 11.5 Å². The summed E-state index contributed by atoms with van der Waals surface area (Å²) in [6.07, 6.45) is 2.36. The Balaban J connectivity index is 1.59. The molecule has 4 nitrogen and oxygen atoms in total. The van der Waals surface area contributed by atoms with E-state index in [2.05, 4.69) is 0 Å². The lowest BCUT2D eigenvalue weighted by Crippen LogP contribution is -2.48. The van der Waals surface area contributed by atoms with Crippen LogP contribution >= 0.6 is 0 Å². The lowest BCUT2D eigenvalue weighted by atomic mass is 9.91. The van der Waals surface area contributed by atoms with Crippen molar-refractivity contribution in [3.8, 4) is 11.5 Å². The highest BCUT2D eigenvalue weighted by atomic mass is 16.5. The fraction of sp³-hybridized carbons (Fsp3) is 0.316. The largest absolute Gasteiger partial charge is 0.457 e. The molecule has 118 valence electrons. The van der Waals surface area contributed by atoms with Crippen LogP contribution in [0.5, 0.6) is 11.5 Å². The first-order valence-corrected chi connectivity index (χ1v) is 8.06. The first-order valence-electron chi connectivity index (χ1n) is 8.06. The molecule has 2 fully saturated rings. The van der Waals surface area contributed by atoms with Gasteiger partial charge >= 0.3 is 0 Å². The Kier molecular flexibility index (Phi) is 3.54. The number of benzene rings is 2. The van der Waals surface area contributed by atoms with Gasteiger partial charge in [-0.15, -0.1) is 0 Å². The number of amides is 1.